The second kappa shape index (κ2) is 8.74. The first kappa shape index (κ1) is 22.6. The molecule has 0 bridgehead atoms. The molecule has 8 nitrogen and oxygen atoms in total. The van der Waals surface area contributed by atoms with Crippen LogP contribution in [0.25, 0.3) is 10.2 Å². The van der Waals surface area contributed by atoms with E-state index in [1.807, 2.05) is 31.2 Å². The number of para-hydroxylation sites is 1. The fraction of sp³-hybridized carbons (Fsp3) is 0.619. The number of nitrogens with zero attached hydrogens (tertiary/aromatic N) is 5. The molecule has 1 aromatic carbocycles. The lowest BCUT2D eigenvalue weighted by Gasteiger charge is -2.30. The van der Waals surface area contributed by atoms with Gasteiger partial charge in [-0.2, -0.15) is 17.0 Å². The standard InChI is InChI=1S/C21H31N5O3S2/c1-5-24(6-2)14-13-23(4)31(28,29)25-12-11-17-19(25)15(3)20(27)26(17)21-22-16-9-7-8-10-18(16)30-21/h7-10,15,17,19H,5-6,11-14H2,1-4H3/t15-,17-,19+/m0/s1. The van der Waals surface area contributed by atoms with Gasteiger partial charge in [0.15, 0.2) is 5.13 Å². The van der Waals surface area contributed by atoms with E-state index in [2.05, 4.69) is 23.7 Å². The largest absolute Gasteiger partial charge is 0.303 e. The Hall–Kier alpha value is -1.59. The van der Waals surface area contributed by atoms with Crippen LogP contribution in [0.5, 0.6) is 0 Å². The Balaban J connectivity index is 1.56. The molecule has 0 N–H and O–H groups in total. The average molecular weight is 466 g/mol. The van der Waals surface area contributed by atoms with E-state index >= 15 is 0 Å². The van der Waals surface area contributed by atoms with Gasteiger partial charge in [-0.3, -0.25) is 9.69 Å². The molecule has 3 atom stereocenters. The van der Waals surface area contributed by atoms with Crippen LogP contribution in [0, 0.1) is 5.92 Å². The van der Waals surface area contributed by atoms with Gasteiger partial charge in [0.1, 0.15) is 0 Å². The molecule has 2 aromatic rings. The highest BCUT2D eigenvalue weighted by Crippen LogP contribution is 2.42. The summed E-state index contributed by atoms with van der Waals surface area (Å²) in [7, 11) is -2.01. The highest BCUT2D eigenvalue weighted by Gasteiger charge is 2.56. The lowest BCUT2D eigenvalue weighted by molar-refractivity contribution is -0.120. The zero-order chi connectivity index (χ0) is 22.3. The number of thiazole rings is 1. The van der Waals surface area contributed by atoms with Gasteiger partial charge in [-0.25, -0.2) is 4.98 Å². The van der Waals surface area contributed by atoms with E-state index in [4.69, 9.17) is 0 Å². The number of hydrogen-bond donors (Lipinski definition) is 0. The number of hydrogen-bond acceptors (Lipinski definition) is 6. The number of fused-ring (bicyclic) bond motifs is 2. The summed E-state index contributed by atoms with van der Waals surface area (Å²) >= 11 is 1.49. The predicted octanol–water partition coefficient (Wildman–Crippen LogP) is 2.24. The van der Waals surface area contributed by atoms with Crippen LogP contribution < -0.4 is 4.90 Å². The van der Waals surface area contributed by atoms with Crippen molar-refractivity contribution >= 4 is 42.8 Å². The Morgan fingerprint density at radius 1 is 1.19 bits per heavy atom. The Kier molecular flexibility index (Phi) is 6.37. The van der Waals surface area contributed by atoms with E-state index in [1.54, 1.807) is 16.3 Å². The van der Waals surface area contributed by atoms with Crippen molar-refractivity contribution in [3.05, 3.63) is 24.3 Å². The Bertz CT molecular complexity index is 1020. The maximum absolute atomic E-state index is 13.4. The van der Waals surface area contributed by atoms with Gasteiger partial charge in [-0.15, -0.1) is 0 Å². The SMILES string of the molecule is CCN(CC)CCN(C)S(=O)(=O)N1CC[C@H]2[C@H]1[C@H](C)C(=O)N2c1nc2ccccc2s1. The molecule has 1 aromatic heterocycles. The summed E-state index contributed by atoms with van der Waals surface area (Å²) in [6, 6.07) is 7.29. The minimum atomic E-state index is -3.65. The van der Waals surface area contributed by atoms with E-state index in [9.17, 15) is 13.2 Å². The summed E-state index contributed by atoms with van der Waals surface area (Å²) in [5.41, 5.74) is 0.866. The maximum atomic E-state index is 13.4. The summed E-state index contributed by atoms with van der Waals surface area (Å²) in [5, 5.41) is 0.666. The number of amides is 1. The quantitative estimate of drug-likeness (QED) is 0.598. The average Bonchev–Trinajstić information content (AvgIpc) is 3.43. The van der Waals surface area contributed by atoms with Crippen molar-refractivity contribution in [2.75, 3.05) is 44.7 Å². The molecule has 2 aliphatic heterocycles. The van der Waals surface area contributed by atoms with Gasteiger partial charge in [0, 0.05) is 26.7 Å². The van der Waals surface area contributed by atoms with Gasteiger partial charge < -0.3 is 4.90 Å². The third kappa shape index (κ3) is 3.89. The third-order valence-corrected chi connectivity index (χ3v) is 9.67. The molecule has 0 radical (unpaired) electrons. The van der Waals surface area contributed by atoms with Gasteiger partial charge in [0.25, 0.3) is 10.2 Å². The van der Waals surface area contributed by atoms with Crippen LogP contribution in [0.4, 0.5) is 5.13 Å². The van der Waals surface area contributed by atoms with Crippen LogP contribution >= 0.6 is 11.3 Å². The number of anilines is 1. The van der Waals surface area contributed by atoms with Crippen molar-refractivity contribution in [2.45, 2.75) is 39.3 Å². The van der Waals surface area contributed by atoms with Crippen molar-refractivity contribution in [2.24, 2.45) is 5.92 Å². The van der Waals surface area contributed by atoms with E-state index in [0.717, 1.165) is 23.3 Å². The molecule has 2 fully saturated rings. The highest BCUT2D eigenvalue weighted by atomic mass is 32.2. The number of carbonyl (C=O) groups is 1. The molecule has 170 valence electrons. The molecule has 0 saturated carbocycles. The van der Waals surface area contributed by atoms with E-state index in [0.29, 0.717) is 31.2 Å². The fourth-order valence-electron chi connectivity index (χ4n) is 4.75. The first-order valence-corrected chi connectivity index (χ1v) is 13.1. The van der Waals surface area contributed by atoms with Crippen molar-refractivity contribution in [3.63, 3.8) is 0 Å². The maximum Gasteiger partial charge on any atom is 0.282 e. The van der Waals surface area contributed by atoms with Crippen LogP contribution in [0.2, 0.25) is 0 Å². The molecule has 31 heavy (non-hydrogen) atoms. The molecular weight excluding hydrogens is 434 g/mol. The minimum Gasteiger partial charge on any atom is -0.303 e. The molecular formula is C21H31N5O3S2. The first-order valence-electron chi connectivity index (χ1n) is 10.9. The molecule has 1 amide bonds. The zero-order valence-electron chi connectivity index (χ0n) is 18.6. The van der Waals surface area contributed by atoms with Crippen LogP contribution in [0.15, 0.2) is 24.3 Å². The summed E-state index contributed by atoms with van der Waals surface area (Å²) in [6.07, 6.45) is 0.625. The third-order valence-electron chi connectivity index (χ3n) is 6.65. The van der Waals surface area contributed by atoms with Gasteiger partial charge in [-0.05, 0) is 31.6 Å². The Labute approximate surface area is 188 Å². The van der Waals surface area contributed by atoms with E-state index < -0.39 is 16.1 Å². The van der Waals surface area contributed by atoms with Gasteiger partial charge in [0.2, 0.25) is 5.91 Å². The number of rotatable bonds is 8. The summed E-state index contributed by atoms with van der Waals surface area (Å²) in [5.74, 6) is -0.440. The van der Waals surface area contributed by atoms with Crippen molar-refractivity contribution in [1.82, 2.24) is 18.5 Å². The van der Waals surface area contributed by atoms with Gasteiger partial charge in [-0.1, -0.05) is 44.2 Å². The van der Waals surface area contributed by atoms with E-state index in [-0.39, 0.29) is 18.0 Å². The van der Waals surface area contributed by atoms with Crippen molar-refractivity contribution < 1.29 is 13.2 Å². The number of likely N-dealkylation sites (N-methyl/N-ethyl adjacent to an activating group) is 2. The summed E-state index contributed by atoms with van der Waals surface area (Å²) < 4.78 is 30.8. The second-order valence-electron chi connectivity index (χ2n) is 8.27. The monoisotopic (exact) mass is 465 g/mol. The lowest BCUT2D eigenvalue weighted by atomic mass is 10.0. The number of carbonyl (C=O) groups excluding carboxylic acids is 1. The molecule has 2 aliphatic rings. The molecule has 4 rings (SSSR count). The summed E-state index contributed by atoms with van der Waals surface area (Å²) in [4.78, 5) is 21.8. The molecule has 2 saturated heterocycles. The van der Waals surface area contributed by atoms with Gasteiger partial charge >= 0.3 is 0 Å². The number of benzene rings is 1. The van der Waals surface area contributed by atoms with Crippen molar-refractivity contribution in [1.29, 1.82) is 0 Å². The van der Waals surface area contributed by atoms with Gasteiger partial charge in [0.05, 0.1) is 28.2 Å². The Morgan fingerprint density at radius 3 is 2.58 bits per heavy atom. The first-order chi connectivity index (χ1) is 14.8. The summed E-state index contributed by atoms with van der Waals surface area (Å²) in [6.45, 7) is 9.32. The normalized spacial score (nSPS) is 24.8. The van der Waals surface area contributed by atoms with Crippen LogP contribution in [0.1, 0.15) is 27.2 Å². The van der Waals surface area contributed by atoms with Crippen LogP contribution in [0.3, 0.4) is 0 Å². The van der Waals surface area contributed by atoms with E-state index in [1.165, 1.54) is 15.6 Å². The van der Waals surface area contributed by atoms with Crippen LogP contribution in [-0.2, 0) is 15.0 Å². The highest BCUT2D eigenvalue weighted by molar-refractivity contribution is 7.86. The Morgan fingerprint density at radius 2 is 1.90 bits per heavy atom. The minimum absolute atomic E-state index is 0.0419. The lowest BCUT2D eigenvalue weighted by Crippen LogP contribution is -2.49. The number of aromatic nitrogens is 1. The molecule has 10 heteroatoms. The smallest absolute Gasteiger partial charge is 0.282 e. The molecule has 0 unspecified atom stereocenters. The topological polar surface area (TPSA) is 77.1 Å². The van der Waals surface area contributed by atoms with Crippen LogP contribution in [-0.4, -0.2) is 84.7 Å². The second-order valence-corrected chi connectivity index (χ2v) is 11.3. The zero-order valence-corrected chi connectivity index (χ0v) is 20.2. The molecule has 0 spiro atoms. The fourth-order valence-corrected chi connectivity index (χ4v) is 7.42. The molecule has 0 aliphatic carbocycles. The molecule has 3 heterocycles. The predicted molar refractivity (Wildman–Crippen MR) is 125 cm³/mol. The van der Waals surface area contributed by atoms with Crippen molar-refractivity contribution in [3.8, 4) is 0 Å².